The average Bonchev–Trinajstić information content (AvgIpc) is 2.80. The Morgan fingerprint density at radius 1 is 1.03 bits per heavy atom. The molecule has 3 rings (SSSR count). The first kappa shape index (κ1) is 23.0. The molecule has 3 N–H and O–H groups in total. The first-order valence-electron chi connectivity index (χ1n) is 10.0. The molecule has 0 radical (unpaired) electrons. The molecule has 0 unspecified atom stereocenters. The highest BCUT2D eigenvalue weighted by Gasteiger charge is 2.11. The number of hydrogen-bond acceptors (Lipinski definition) is 4. The van der Waals surface area contributed by atoms with Crippen LogP contribution in [0.4, 0.5) is 5.69 Å². The van der Waals surface area contributed by atoms with Crippen molar-refractivity contribution in [3.63, 3.8) is 0 Å². The Bertz CT molecular complexity index is 1110. The molecule has 0 saturated heterocycles. The molecule has 32 heavy (non-hydrogen) atoms. The van der Waals surface area contributed by atoms with Crippen molar-refractivity contribution in [2.45, 2.75) is 26.9 Å². The van der Waals surface area contributed by atoms with Gasteiger partial charge in [0.15, 0.2) is 0 Å². The van der Waals surface area contributed by atoms with Crippen LogP contribution in [0.25, 0.3) is 0 Å². The molecular weight excluding hydrogens is 426 g/mol. The number of aliphatic imine (C=N–C) groups is 1. The van der Waals surface area contributed by atoms with E-state index in [0.29, 0.717) is 29.6 Å². The zero-order chi connectivity index (χ0) is 22.9. The second-order valence-electron chi connectivity index (χ2n) is 7.12. The molecule has 0 aliphatic rings. The van der Waals surface area contributed by atoms with Crippen LogP contribution >= 0.6 is 11.6 Å². The fourth-order valence-electron chi connectivity index (χ4n) is 2.82. The lowest BCUT2D eigenvalue weighted by Crippen LogP contribution is -2.36. The normalized spacial score (nSPS) is 11.0. The van der Waals surface area contributed by atoms with Crippen molar-refractivity contribution in [1.29, 1.82) is 0 Å². The average molecular weight is 450 g/mol. The molecule has 0 bridgehead atoms. The van der Waals surface area contributed by atoms with Crippen molar-refractivity contribution in [3.8, 4) is 0 Å². The van der Waals surface area contributed by atoms with Gasteiger partial charge >= 0.3 is 0 Å². The van der Waals surface area contributed by atoms with Crippen molar-refractivity contribution in [1.82, 2.24) is 15.6 Å². The summed E-state index contributed by atoms with van der Waals surface area (Å²) in [6, 6.07) is 16.2. The SMILES string of the molecule is CC(=O)NCc1ccc(C(=O)NC(=NCc2cccnc2)Nc2cccc(Cl)c2C)cc1. The number of benzene rings is 2. The fourth-order valence-corrected chi connectivity index (χ4v) is 3.00. The molecule has 0 aliphatic heterocycles. The van der Waals surface area contributed by atoms with Crippen LogP contribution in [0.1, 0.15) is 34.0 Å². The summed E-state index contributed by atoms with van der Waals surface area (Å²) in [4.78, 5) is 32.5. The number of amides is 2. The largest absolute Gasteiger partial charge is 0.352 e. The molecule has 1 heterocycles. The van der Waals surface area contributed by atoms with E-state index < -0.39 is 0 Å². The zero-order valence-corrected chi connectivity index (χ0v) is 18.6. The fraction of sp³-hybridized carbons (Fsp3) is 0.167. The van der Waals surface area contributed by atoms with Gasteiger partial charge < -0.3 is 10.6 Å². The van der Waals surface area contributed by atoms with Crippen LogP contribution in [-0.4, -0.2) is 22.8 Å². The van der Waals surface area contributed by atoms with Crippen molar-refractivity contribution in [2.75, 3.05) is 5.32 Å². The van der Waals surface area contributed by atoms with Crippen LogP contribution in [0, 0.1) is 6.92 Å². The summed E-state index contributed by atoms with van der Waals surface area (Å²) in [5.74, 6) is -0.122. The summed E-state index contributed by atoms with van der Waals surface area (Å²) in [6.07, 6.45) is 3.42. The first-order chi connectivity index (χ1) is 15.4. The van der Waals surface area contributed by atoms with Gasteiger partial charge in [-0.15, -0.1) is 0 Å². The Morgan fingerprint density at radius 3 is 2.50 bits per heavy atom. The molecule has 0 spiro atoms. The Morgan fingerprint density at radius 2 is 1.81 bits per heavy atom. The number of carbonyl (C=O) groups is 2. The molecule has 0 fully saturated rings. The van der Waals surface area contributed by atoms with E-state index in [2.05, 4.69) is 25.9 Å². The Labute approximate surface area is 191 Å². The van der Waals surface area contributed by atoms with Gasteiger partial charge in [0.2, 0.25) is 11.9 Å². The van der Waals surface area contributed by atoms with Crippen molar-refractivity contribution in [3.05, 3.63) is 94.3 Å². The molecule has 2 aromatic carbocycles. The third-order valence-corrected chi connectivity index (χ3v) is 5.06. The second-order valence-corrected chi connectivity index (χ2v) is 7.53. The topological polar surface area (TPSA) is 95.5 Å². The number of nitrogens with zero attached hydrogens (tertiary/aromatic N) is 2. The van der Waals surface area contributed by atoms with E-state index in [1.165, 1.54) is 6.92 Å². The maximum atomic E-state index is 12.8. The Hall–Kier alpha value is -3.71. The number of halogens is 1. The minimum atomic E-state index is -0.312. The zero-order valence-electron chi connectivity index (χ0n) is 17.9. The van der Waals surface area contributed by atoms with E-state index in [0.717, 1.165) is 22.4 Å². The molecule has 2 amide bonds. The van der Waals surface area contributed by atoms with Crippen molar-refractivity contribution >= 4 is 35.1 Å². The maximum Gasteiger partial charge on any atom is 0.257 e. The van der Waals surface area contributed by atoms with Crippen molar-refractivity contribution < 1.29 is 9.59 Å². The van der Waals surface area contributed by atoms with Gasteiger partial charge in [-0.25, -0.2) is 4.99 Å². The van der Waals surface area contributed by atoms with Gasteiger partial charge in [0.05, 0.1) is 6.54 Å². The number of pyridine rings is 1. The van der Waals surface area contributed by atoms with Crippen LogP contribution in [0.5, 0.6) is 0 Å². The van der Waals surface area contributed by atoms with E-state index in [-0.39, 0.29) is 11.8 Å². The van der Waals surface area contributed by atoms with Gasteiger partial charge in [-0.2, -0.15) is 0 Å². The van der Waals surface area contributed by atoms with Gasteiger partial charge in [-0.1, -0.05) is 35.9 Å². The second kappa shape index (κ2) is 11.1. The quantitative estimate of drug-likeness (QED) is 0.390. The third kappa shape index (κ3) is 6.65. The van der Waals surface area contributed by atoms with E-state index in [4.69, 9.17) is 11.6 Å². The van der Waals surface area contributed by atoms with E-state index >= 15 is 0 Å². The Balaban J connectivity index is 1.77. The molecule has 1 aromatic heterocycles. The number of hydrogen-bond donors (Lipinski definition) is 3. The van der Waals surface area contributed by atoms with Crippen LogP contribution in [0.15, 0.2) is 72.0 Å². The smallest absolute Gasteiger partial charge is 0.257 e. The molecule has 3 aromatic rings. The number of nitrogens with one attached hydrogen (secondary N) is 3. The highest BCUT2D eigenvalue weighted by molar-refractivity contribution is 6.31. The van der Waals surface area contributed by atoms with Crippen LogP contribution in [0.2, 0.25) is 5.02 Å². The molecule has 0 saturated carbocycles. The Kier molecular flexibility index (Phi) is 7.94. The predicted octanol–water partition coefficient (Wildman–Crippen LogP) is 4.08. The summed E-state index contributed by atoms with van der Waals surface area (Å²) in [7, 11) is 0. The number of rotatable bonds is 6. The number of aromatic nitrogens is 1. The highest BCUT2D eigenvalue weighted by atomic mass is 35.5. The van der Waals surface area contributed by atoms with Crippen LogP contribution in [-0.2, 0) is 17.9 Å². The number of anilines is 1. The molecule has 0 atom stereocenters. The van der Waals surface area contributed by atoms with Crippen LogP contribution in [0.3, 0.4) is 0 Å². The minimum Gasteiger partial charge on any atom is -0.352 e. The summed E-state index contributed by atoms with van der Waals surface area (Å²) >= 11 is 6.23. The van der Waals surface area contributed by atoms with E-state index in [1.54, 1.807) is 42.7 Å². The van der Waals surface area contributed by atoms with Crippen molar-refractivity contribution in [2.24, 2.45) is 4.99 Å². The summed E-state index contributed by atoms with van der Waals surface area (Å²) in [5, 5.41) is 9.35. The van der Waals surface area contributed by atoms with Gasteiger partial charge in [0, 0.05) is 42.1 Å². The standard InChI is InChI=1S/C24H24ClN5O2/c1-16-21(25)6-3-7-22(16)29-24(28-15-19-5-4-12-26-13-19)30-23(32)20-10-8-18(9-11-20)14-27-17(2)31/h3-13H,14-15H2,1-2H3,(H,27,31)(H2,28,29,30,32). The third-order valence-electron chi connectivity index (χ3n) is 4.65. The van der Waals surface area contributed by atoms with E-state index in [9.17, 15) is 9.59 Å². The van der Waals surface area contributed by atoms with Gasteiger partial charge in [0.25, 0.3) is 5.91 Å². The first-order valence-corrected chi connectivity index (χ1v) is 10.4. The monoisotopic (exact) mass is 449 g/mol. The van der Waals surface area contributed by atoms with Gasteiger partial charge in [0.1, 0.15) is 0 Å². The number of carbonyl (C=O) groups excluding carboxylic acids is 2. The highest BCUT2D eigenvalue weighted by Crippen LogP contribution is 2.22. The summed E-state index contributed by atoms with van der Waals surface area (Å²) < 4.78 is 0. The lowest BCUT2D eigenvalue weighted by molar-refractivity contribution is -0.119. The van der Waals surface area contributed by atoms with Crippen LogP contribution < -0.4 is 16.0 Å². The molecule has 8 heteroatoms. The van der Waals surface area contributed by atoms with Gasteiger partial charge in [-0.3, -0.25) is 19.9 Å². The lowest BCUT2D eigenvalue weighted by Gasteiger charge is -2.14. The molecule has 7 nitrogen and oxygen atoms in total. The minimum absolute atomic E-state index is 0.108. The van der Waals surface area contributed by atoms with E-state index in [1.807, 2.05) is 31.2 Å². The molecule has 164 valence electrons. The van der Waals surface area contributed by atoms with Gasteiger partial charge in [-0.05, 0) is 53.9 Å². The molecular formula is C24H24ClN5O2. The summed E-state index contributed by atoms with van der Waals surface area (Å²) in [6.45, 7) is 4.10. The predicted molar refractivity (Wildman–Crippen MR) is 127 cm³/mol. The summed E-state index contributed by atoms with van der Waals surface area (Å²) in [5.41, 5.74) is 3.87. The lowest BCUT2D eigenvalue weighted by atomic mass is 10.1. The maximum absolute atomic E-state index is 12.8. The number of guanidine groups is 1. The molecule has 0 aliphatic carbocycles.